The van der Waals surface area contributed by atoms with Gasteiger partial charge in [-0.3, -0.25) is 9.52 Å². The van der Waals surface area contributed by atoms with E-state index in [1.807, 2.05) is 39.0 Å². The van der Waals surface area contributed by atoms with Gasteiger partial charge in [-0.25, -0.2) is 8.42 Å². The van der Waals surface area contributed by atoms with Crippen LogP contribution in [0.2, 0.25) is 0 Å². The van der Waals surface area contributed by atoms with E-state index in [0.717, 1.165) is 11.1 Å². The number of hydrogen-bond donors (Lipinski definition) is 2. The Morgan fingerprint density at radius 1 is 0.970 bits per heavy atom. The molecule has 33 heavy (non-hydrogen) atoms. The van der Waals surface area contributed by atoms with Gasteiger partial charge in [-0.1, -0.05) is 29.8 Å². The molecule has 0 fully saturated rings. The van der Waals surface area contributed by atoms with Crippen molar-refractivity contribution in [2.45, 2.75) is 38.4 Å². The lowest BCUT2D eigenvalue weighted by Crippen LogP contribution is -2.17. The molecule has 3 aromatic carbocycles. The van der Waals surface area contributed by atoms with Crippen LogP contribution in [-0.4, -0.2) is 27.5 Å². The van der Waals surface area contributed by atoms with Crippen LogP contribution >= 0.6 is 0 Å². The van der Waals surface area contributed by atoms with Gasteiger partial charge in [0.15, 0.2) is 0 Å². The van der Waals surface area contributed by atoms with Gasteiger partial charge in [-0.2, -0.15) is 0 Å². The lowest BCUT2D eigenvalue weighted by atomic mass is 10.1. The zero-order valence-electron chi connectivity index (χ0n) is 19.1. The highest BCUT2D eigenvalue weighted by atomic mass is 32.2. The third kappa shape index (κ3) is 6.57. The Morgan fingerprint density at radius 3 is 2.36 bits per heavy atom. The molecule has 3 rings (SSSR count). The Morgan fingerprint density at radius 2 is 1.70 bits per heavy atom. The maximum absolute atomic E-state index is 13.0. The van der Waals surface area contributed by atoms with Crippen molar-refractivity contribution in [3.05, 3.63) is 83.4 Å². The number of rotatable bonds is 9. The van der Waals surface area contributed by atoms with Gasteiger partial charge in [-0.05, 0) is 68.8 Å². The van der Waals surface area contributed by atoms with E-state index < -0.39 is 15.9 Å². The number of amides is 1. The highest BCUT2D eigenvalue weighted by molar-refractivity contribution is 7.92. The maximum atomic E-state index is 13.0. The number of nitrogens with one attached hydrogen (secondary N) is 2. The molecule has 174 valence electrons. The second-order valence-electron chi connectivity index (χ2n) is 7.85. The van der Waals surface area contributed by atoms with Crippen LogP contribution in [0.4, 0.5) is 11.4 Å². The van der Waals surface area contributed by atoms with Crippen LogP contribution in [-0.2, 0) is 21.4 Å². The van der Waals surface area contributed by atoms with Gasteiger partial charge < -0.3 is 14.8 Å². The van der Waals surface area contributed by atoms with Gasteiger partial charge in [-0.15, -0.1) is 0 Å². The number of aryl methyl sites for hydroxylation is 1. The summed E-state index contributed by atoms with van der Waals surface area (Å²) in [5.41, 5.74) is 3.11. The van der Waals surface area contributed by atoms with Crippen LogP contribution in [0.25, 0.3) is 0 Å². The largest absolute Gasteiger partial charge is 0.495 e. The Balaban J connectivity index is 1.83. The Kier molecular flexibility index (Phi) is 7.73. The van der Waals surface area contributed by atoms with Gasteiger partial charge in [0.1, 0.15) is 10.6 Å². The van der Waals surface area contributed by atoms with Gasteiger partial charge in [0.05, 0.1) is 19.8 Å². The lowest BCUT2D eigenvalue weighted by molar-refractivity contribution is 0.0657. The Labute approximate surface area is 194 Å². The van der Waals surface area contributed by atoms with Crippen molar-refractivity contribution in [1.29, 1.82) is 0 Å². The molecule has 1 amide bonds. The first kappa shape index (κ1) is 24.3. The summed E-state index contributed by atoms with van der Waals surface area (Å²) in [4.78, 5) is 12.7. The van der Waals surface area contributed by atoms with E-state index in [2.05, 4.69) is 10.0 Å². The van der Waals surface area contributed by atoms with E-state index in [-0.39, 0.29) is 22.3 Å². The van der Waals surface area contributed by atoms with Crippen LogP contribution in [0.1, 0.15) is 35.3 Å². The van der Waals surface area contributed by atoms with E-state index in [1.54, 1.807) is 30.3 Å². The smallest absolute Gasteiger partial charge is 0.265 e. The predicted octanol–water partition coefficient (Wildman–Crippen LogP) is 4.98. The van der Waals surface area contributed by atoms with Crippen LogP contribution < -0.4 is 14.8 Å². The number of methoxy groups -OCH3 is 1. The summed E-state index contributed by atoms with van der Waals surface area (Å²) in [5, 5.41) is 2.81. The van der Waals surface area contributed by atoms with Crippen molar-refractivity contribution in [3.8, 4) is 5.75 Å². The summed E-state index contributed by atoms with van der Waals surface area (Å²) in [6.07, 6.45) is 0.0939. The molecular weight excluding hydrogens is 440 g/mol. The fourth-order valence-electron chi connectivity index (χ4n) is 3.06. The molecule has 0 aliphatic rings. The van der Waals surface area contributed by atoms with Gasteiger partial charge in [0, 0.05) is 16.9 Å². The first-order valence-electron chi connectivity index (χ1n) is 10.5. The molecule has 0 unspecified atom stereocenters. The number of anilines is 2. The average molecular weight is 469 g/mol. The van der Waals surface area contributed by atoms with Crippen LogP contribution in [0, 0.1) is 6.92 Å². The summed E-state index contributed by atoms with van der Waals surface area (Å²) >= 11 is 0. The van der Waals surface area contributed by atoms with E-state index in [4.69, 9.17) is 9.47 Å². The molecular formula is C25H28N2O5S. The fourth-order valence-corrected chi connectivity index (χ4v) is 4.32. The van der Waals surface area contributed by atoms with Crippen molar-refractivity contribution >= 4 is 27.3 Å². The molecule has 0 aromatic heterocycles. The summed E-state index contributed by atoms with van der Waals surface area (Å²) in [5.74, 6) is -0.301. The lowest BCUT2D eigenvalue weighted by Gasteiger charge is -2.14. The van der Waals surface area contributed by atoms with Crippen LogP contribution in [0.3, 0.4) is 0 Å². The number of hydrogen-bond acceptors (Lipinski definition) is 5. The quantitative estimate of drug-likeness (QED) is 0.462. The first-order valence-corrected chi connectivity index (χ1v) is 12.0. The molecule has 0 saturated carbocycles. The third-order valence-electron chi connectivity index (χ3n) is 4.79. The van der Waals surface area contributed by atoms with Crippen molar-refractivity contribution in [3.63, 3.8) is 0 Å². The second kappa shape index (κ2) is 10.5. The standard InChI is InChI=1S/C25H28N2O5S/c1-17(2)32-16-19-6-5-7-22(14-19)26-25(28)20-10-13-23(31-4)24(15-20)33(29,30)27-21-11-8-18(3)9-12-21/h5-15,17,27H,16H2,1-4H3,(H,26,28). The molecule has 0 saturated heterocycles. The van der Waals surface area contributed by atoms with E-state index in [9.17, 15) is 13.2 Å². The van der Waals surface area contributed by atoms with Crippen molar-refractivity contribution < 1.29 is 22.7 Å². The minimum atomic E-state index is -3.99. The molecule has 0 aliphatic heterocycles. The highest BCUT2D eigenvalue weighted by Gasteiger charge is 2.22. The summed E-state index contributed by atoms with van der Waals surface area (Å²) < 4.78 is 39.4. The zero-order chi connectivity index (χ0) is 24.0. The summed E-state index contributed by atoms with van der Waals surface area (Å²) in [6, 6.07) is 18.6. The van der Waals surface area contributed by atoms with Crippen LogP contribution in [0.15, 0.2) is 71.6 Å². The molecule has 8 heteroatoms. The van der Waals surface area contributed by atoms with Crippen molar-refractivity contribution in [1.82, 2.24) is 0 Å². The monoisotopic (exact) mass is 468 g/mol. The molecule has 0 radical (unpaired) electrons. The molecule has 0 atom stereocenters. The average Bonchev–Trinajstić information content (AvgIpc) is 2.79. The Bertz CT molecular complexity index is 1220. The van der Waals surface area contributed by atoms with E-state index >= 15 is 0 Å². The van der Waals surface area contributed by atoms with Crippen molar-refractivity contribution in [2.24, 2.45) is 0 Å². The summed E-state index contributed by atoms with van der Waals surface area (Å²) in [7, 11) is -2.61. The molecule has 0 bridgehead atoms. The number of carbonyl (C=O) groups is 1. The highest BCUT2D eigenvalue weighted by Crippen LogP contribution is 2.27. The number of sulfonamides is 1. The maximum Gasteiger partial charge on any atom is 0.265 e. The minimum absolute atomic E-state index is 0.0939. The number of benzene rings is 3. The molecule has 0 heterocycles. The first-order chi connectivity index (χ1) is 15.7. The Hall–Kier alpha value is -3.36. The van der Waals surface area contributed by atoms with Crippen molar-refractivity contribution in [2.75, 3.05) is 17.1 Å². The zero-order valence-corrected chi connectivity index (χ0v) is 19.9. The third-order valence-corrected chi connectivity index (χ3v) is 6.19. The SMILES string of the molecule is COc1ccc(C(=O)Nc2cccc(COC(C)C)c2)cc1S(=O)(=O)Nc1ccc(C)cc1. The predicted molar refractivity (Wildman–Crippen MR) is 129 cm³/mol. The summed E-state index contributed by atoms with van der Waals surface area (Å²) in [6.45, 7) is 6.25. The van der Waals surface area contributed by atoms with Gasteiger partial charge >= 0.3 is 0 Å². The molecule has 0 aliphatic carbocycles. The normalized spacial score (nSPS) is 11.3. The van der Waals surface area contributed by atoms with Crippen LogP contribution in [0.5, 0.6) is 5.75 Å². The molecule has 7 nitrogen and oxygen atoms in total. The minimum Gasteiger partial charge on any atom is -0.495 e. The van der Waals surface area contributed by atoms with E-state index in [1.165, 1.54) is 25.3 Å². The molecule has 3 aromatic rings. The number of carbonyl (C=O) groups excluding carboxylic acids is 1. The number of ether oxygens (including phenoxy) is 2. The fraction of sp³-hybridized carbons (Fsp3) is 0.240. The van der Waals surface area contributed by atoms with E-state index in [0.29, 0.717) is 18.0 Å². The molecule has 0 spiro atoms. The van der Waals surface area contributed by atoms with Gasteiger partial charge in [0.2, 0.25) is 0 Å². The van der Waals surface area contributed by atoms with Gasteiger partial charge in [0.25, 0.3) is 15.9 Å². The molecule has 2 N–H and O–H groups in total. The second-order valence-corrected chi connectivity index (χ2v) is 9.50. The topological polar surface area (TPSA) is 93.7 Å².